The van der Waals surface area contributed by atoms with Crippen LogP contribution in [0.4, 0.5) is 0 Å². The molecule has 0 spiro atoms. The molecule has 0 bridgehead atoms. The van der Waals surface area contributed by atoms with Crippen molar-refractivity contribution in [2.75, 3.05) is 13.6 Å². The van der Waals surface area contributed by atoms with Crippen molar-refractivity contribution in [3.63, 3.8) is 0 Å². The van der Waals surface area contributed by atoms with Crippen LogP contribution in [0.5, 0.6) is 0 Å². The van der Waals surface area contributed by atoms with Crippen LogP contribution in [0.3, 0.4) is 0 Å². The van der Waals surface area contributed by atoms with E-state index in [4.69, 9.17) is 5.14 Å². The maximum absolute atomic E-state index is 11.4. The zero-order valence-corrected chi connectivity index (χ0v) is 16.9. The molecule has 0 atom stereocenters. The number of rotatable bonds is 12. The van der Waals surface area contributed by atoms with Crippen LogP contribution in [0, 0.1) is 0 Å². The summed E-state index contributed by atoms with van der Waals surface area (Å²) in [7, 11) is -1.95. The molecule has 0 unspecified atom stereocenters. The molecule has 0 aliphatic carbocycles. The fraction of sp³-hybridized carbons (Fsp3) is 0.632. The lowest BCUT2D eigenvalue weighted by Gasteiger charge is -2.12. The molecule has 4 N–H and O–H groups in total. The van der Waals surface area contributed by atoms with Crippen LogP contribution in [0.2, 0.25) is 0 Å². The Hall–Kier alpha value is -1.60. The van der Waals surface area contributed by atoms with Crippen molar-refractivity contribution in [2.45, 2.75) is 69.7 Å². The van der Waals surface area contributed by atoms with E-state index in [-0.39, 0.29) is 4.90 Å². The second-order valence-corrected chi connectivity index (χ2v) is 8.08. The van der Waals surface area contributed by atoms with Crippen LogP contribution in [0.15, 0.2) is 34.2 Å². The summed E-state index contributed by atoms with van der Waals surface area (Å²) < 4.78 is 22.8. The quantitative estimate of drug-likeness (QED) is 0.294. The molecule has 148 valence electrons. The molecule has 0 aromatic heterocycles. The summed E-state index contributed by atoms with van der Waals surface area (Å²) in [6.07, 6.45) is 10.3. The van der Waals surface area contributed by atoms with Gasteiger partial charge in [-0.3, -0.25) is 4.99 Å². The first-order valence-corrected chi connectivity index (χ1v) is 11.1. The number of nitrogens with two attached hydrogens (primary N) is 1. The zero-order chi connectivity index (χ0) is 19.3. The van der Waals surface area contributed by atoms with Gasteiger partial charge in [-0.1, -0.05) is 64.0 Å². The number of primary sulfonamides is 1. The molecule has 7 heteroatoms. The van der Waals surface area contributed by atoms with Gasteiger partial charge in [-0.15, -0.1) is 0 Å². The molecule has 1 aromatic rings. The number of hydrogen-bond donors (Lipinski definition) is 3. The van der Waals surface area contributed by atoms with E-state index >= 15 is 0 Å². The largest absolute Gasteiger partial charge is 0.356 e. The summed E-state index contributed by atoms with van der Waals surface area (Å²) in [6.45, 7) is 3.61. The second-order valence-electron chi connectivity index (χ2n) is 6.52. The molecule has 0 saturated heterocycles. The van der Waals surface area contributed by atoms with Crippen molar-refractivity contribution in [1.29, 1.82) is 0 Å². The fourth-order valence-corrected chi connectivity index (χ4v) is 3.29. The molecule has 0 fully saturated rings. The third-order valence-electron chi connectivity index (χ3n) is 4.23. The standard InChI is InChI=1S/C19H34N4O2S/c1-3-4-5-6-7-8-9-10-14-22-19(21-2)23-16-17-12-11-13-18(15-17)26(20,24)25/h11-13,15H,3-10,14,16H2,1-2H3,(H2,20,24,25)(H2,21,22,23). The molecular formula is C19H34N4O2S. The van der Waals surface area contributed by atoms with Crippen LogP contribution in [-0.2, 0) is 16.6 Å². The average molecular weight is 383 g/mol. The van der Waals surface area contributed by atoms with E-state index in [2.05, 4.69) is 22.5 Å². The van der Waals surface area contributed by atoms with Gasteiger partial charge in [-0.2, -0.15) is 0 Å². The van der Waals surface area contributed by atoms with Gasteiger partial charge in [0.15, 0.2) is 5.96 Å². The summed E-state index contributed by atoms with van der Waals surface area (Å²) in [5.41, 5.74) is 0.839. The van der Waals surface area contributed by atoms with Crippen molar-refractivity contribution < 1.29 is 8.42 Å². The Labute approximate surface area is 158 Å². The van der Waals surface area contributed by atoms with Crippen molar-refractivity contribution >= 4 is 16.0 Å². The third-order valence-corrected chi connectivity index (χ3v) is 5.14. The van der Waals surface area contributed by atoms with Gasteiger partial charge in [0.25, 0.3) is 0 Å². The minimum atomic E-state index is -3.67. The predicted octanol–water partition coefficient (Wildman–Crippen LogP) is 3.14. The number of unbranched alkanes of at least 4 members (excludes halogenated alkanes) is 7. The van der Waals surface area contributed by atoms with Crippen LogP contribution >= 0.6 is 0 Å². The Morgan fingerprint density at radius 1 is 1.04 bits per heavy atom. The number of guanidine groups is 1. The van der Waals surface area contributed by atoms with E-state index in [0.717, 1.165) is 18.5 Å². The van der Waals surface area contributed by atoms with E-state index in [9.17, 15) is 8.42 Å². The Morgan fingerprint density at radius 3 is 2.31 bits per heavy atom. The van der Waals surface area contributed by atoms with Gasteiger partial charge in [0.05, 0.1) is 4.90 Å². The van der Waals surface area contributed by atoms with Gasteiger partial charge in [0, 0.05) is 20.1 Å². The number of benzene rings is 1. The molecule has 0 aliphatic heterocycles. The van der Waals surface area contributed by atoms with Gasteiger partial charge in [0.1, 0.15) is 0 Å². The molecule has 0 radical (unpaired) electrons. The molecule has 0 aliphatic rings. The van der Waals surface area contributed by atoms with Gasteiger partial charge < -0.3 is 10.6 Å². The highest BCUT2D eigenvalue weighted by atomic mass is 32.2. The SMILES string of the molecule is CCCCCCCCCCNC(=NC)NCc1cccc(S(N)(=O)=O)c1. The van der Waals surface area contributed by atoms with E-state index in [1.54, 1.807) is 19.2 Å². The summed E-state index contributed by atoms with van der Waals surface area (Å²) in [4.78, 5) is 4.32. The zero-order valence-electron chi connectivity index (χ0n) is 16.1. The van der Waals surface area contributed by atoms with Gasteiger partial charge in [0.2, 0.25) is 10.0 Å². The first kappa shape index (κ1) is 22.4. The number of sulfonamides is 1. The normalized spacial score (nSPS) is 12.2. The molecular weight excluding hydrogens is 348 g/mol. The first-order chi connectivity index (χ1) is 12.5. The van der Waals surface area contributed by atoms with Gasteiger partial charge in [-0.25, -0.2) is 13.6 Å². The Kier molecular flexibility index (Phi) is 11.0. The van der Waals surface area contributed by atoms with Gasteiger partial charge >= 0.3 is 0 Å². The number of aliphatic imine (C=N–C) groups is 1. The molecule has 0 saturated carbocycles. The van der Waals surface area contributed by atoms with E-state index < -0.39 is 10.0 Å². The van der Waals surface area contributed by atoms with E-state index in [1.807, 2.05) is 6.07 Å². The van der Waals surface area contributed by atoms with E-state index in [1.165, 1.54) is 51.0 Å². The smallest absolute Gasteiger partial charge is 0.238 e. The highest BCUT2D eigenvalue weighted by Crippen LogP contribution is 2.10. The highest BCUT2D eigenvalue weighted by molar-refractivity contribution is 7.89. The molecule has 1 aromatic carbocycles. The van der Waals surface area contributed by atoms with Crippen molar-refractivity contribution in [3.8, 4) is 0 Å². The molecule has 6 nitrogen and oxygen atoms in total. The fourth-order valence-electron chi connectivity index (χ4n) is 2.70. The minimum absolute atomic E-state index is 0.124. The van der Waals surface area contributed by atoms with Crippen molar-refractivity contribution in [2.24, 2.45) is 10.1 Å². The van der Waals surface area contributed by atoms with Crippen LogP contribution in [-0.4, -0.2) is 28.0 Å². The lowest BCUT2D eigenvalue weighted by atomic mass is 10.1. The monoisotopic (exact) mass is 382 g/mol. The summed E-state index contributed by atoms with van der Waals surface area (Å²) >= 11 is 0. The first-order valence-electron chi connectivity index (χ1n) is 9.53. The third kappa shape index (κ3) is 9.77. The Balaban J connectivity index is 2.23. The Bertz CT molecular complexity index is 645. The topological polar surface area (TPSA) is 96.6 Å². The molecule has 0 amide bonds. The van der Waals surface area contributed by atoms with Crippen LogP contribution in [0.1, 0.15) is 63.9 Å². The molecule has 26 heavy (non-hydrogen) atoms. The lowest BCUT2D eigenvalue weighted by Crippen LogP contribution is -2.37. The maximum Gasteiger partial charge on any atom is 0.238 e. The average Bonchev–Trinajstić information content (AvgIpc) is 2.62. The van der Waals surface area contributed by atoms with Crippen molar-refractivity contribution in [3.05, 3.63) is 29.8 Å². The van der Waals surface area contributed by atoms with Crippen LogP contribution in [0.25, 0.3) is 0 Å². The number of nitrogens with one attached hydrogen (secondary N) is 2. The highest BCUT2D eigenvalue weighted by Gasteiger charge is 2.08. The second kappa shape index (κ2) is 12.7. The Morgan fingerprint density at radius 2 is 1.69 bits per heavy atom. The van der Waals surface area contributed by atoms with Gasteiger partial charge in [-0.05, 0) is 24.1 Å². The summed E-state index contributed by atoms with van der Waals surface area (Å²) in [6, 6.07) is 6.61. The summed E-state index contributed by atoms with van der Waals surface area (Å²) in [5, 5.41) is 11.6. The molecule has 1 rings (SSSR count). The number of hydrogen-bond acceptors (Lipinski definition) is 3. The molecule has 0 heterocycles. The van der Waals surface area contributed by atoms with Crippen molar-refractivity contribution in [1.82, 2.24) is 10.6 Å². The van der Waals surface area contributed by atoms with E-state index in [0.29, 0.717) is 12.5 Å². The van der Waals surface area contributed by atoms with Crippen LogP contribution < -0.4 is 15.8 Å². The maximum atomic E-state index is 11.4. The number of nitrogens with zero attached hydrogens (tertiary/aromatic N) is 1. The predicted molar refractivity (Wildman–Crippen MR) is 109 cm³/mol. The lowest BCUT2D eigenvalue weighted by molar-refractivity contribution is 0.571. The summed E-state index contributed by atoms with van der Waals surface area (Å²) in [5.74, 6) is 0.717. The minimum Gasteiger partial charge on any atom is -0.356 e.